The standard InChI is InChI=1S/C10H11NO2/c12-7-13-6-9-5-8-3-1-2-4-10(8)11-9/h1-4,7,9,11H,5-6H2. The van der Waals surface area contributed by atoms with Crippen LogP contribution in [0.1, 0.15) is 5.56 Å². The SMILES string of the molecule is O=COCC1Cc2ccccc2N1. The summed E-state index contributed by atoms with van der Waals surface area (Å²) in [5, 5.41) is 3.29. The summed E-state index contributed by atoms with van der Waals surface area (Å²) < 4.78 is 4.71. The minimum atomic E-state index is 0.239. The molecule has 1 unspecified atom stereocenters. The van der Waals surface area contributed by atoms with Crippen molar-refractivity contribution < 1.29 is 9.53 Å². The first-order chi connectivity index (χ1) is 6.40. The van der Waals surface area contributed by atoms with Gasteiger partial charge >= 0.3 is 0 Å². The second-order valence-corrected chi connectivity index (χ2v) is 3.13. The molecule has 1 heterocycles. The highest BCUT2D eigenvalue weighted by Gasteiger charge is 2.19. The Morgan fingerprint density at radius 1 is 1.54 bits per heavy atom. The first-order valence-electron chi connectivity index (χ1n) is 4.30. The number of para-hydroxylation sites is 1. The van der Waals surface area contributed by atoms with Crippen LogP contribution >= 0.6 is 0 Å². The van der Waals surface area contributed by atoms with E-state index in [4.69, 9.17) is 4.74 Å². The molecule has 0 fully saturated rings. The largest absolute Gasteiger partial charge is 0.466 e. The molecule has 2 rings (SSSR count). The summed E-state index contributed by atoms with van der Waals surface area (Å²) in [6.07, 6.45) is 0.935. The third-order valence-corrected chi connectivity index (χ3v) is 2.21. The molecule has 0 aliphatic carbocycles. The predicted octanol–water partition coefficient (Wildman–Crippen LogP) is 1.20. The maximum atomic E-state index is 9.98. The van der Waals surface area contributed by atoms with E-state index in [2.05, 4.69) is 11.4 Å². The average molecular weight is 177 g/mol. The zero-order valence-electron chi connectivity index (χ0n) is 7.19. The molecule has 0 saturated carbocycles. The normalized spacial score (nSPS) is 18.9. The average Bonchev–Trinajstić information content (AvgIpc) is 2.57. The van der Waals surface area contributed by atoms with Gasteiger partial charge in [0.1, 0.15) is 6.61 Å². The van der Waals surface area contributed by atoms with Crippen molar-refractivity contribution in [1.29, 1.82) is 0 Å². The number of benzene rings is 1. The summed E-state index contributed by atoms with van der Waals surface area (Å²) in [4.78, 5) is 9.98. The Kier molecular flexibility index (Phi) is 2.17. The summed E-state index contributed by atoms with van der Waals surface area (Å²) in [5.41, 5.74) is 2.45. The molecule has 0 saturated heterocycles. The van der Waals surface area contributed by atoms with Crippen molar-refractivity contribution in [2.75, 3.05) is 11.9 Å². The highest BCUT2D eigenvalue weighted by molar-refractivity contribution is 5.56. The van der Waals surface area contributed by atoms with Crippen LogP contribution in [-0.2, 0) is 16.0 Å². The van der Waals surface area contributed by atoms with Crippen molar-refractivity contribution in [3.63, 3.8) is 0 Å². The molecule has 68 valence electrons. The van der Waals surface area contributed by atoms with Crippen LogP contribution in [0.3, 0.4) is 0 Å². The molecule has 0 amide bonds. The molecule has 1 aromatic rings. The number of hydrogen-bond acceptors (Lipinski definition) is 3. The molecule has 1 aliphatic heterocycles. The lowest BCUT2D eigenvalue weighted by atomic mass is 10.1. The molecule has 0 aromatic heterocycles. The van der Waals surface area contributed by atoms with Gasteiger partial charge in [-0.05, 0) is 18.1 Å². The van der Waals surface area contributed by atoms with Crippen LogP contribution in [-0.4, -0.2) is 19.1 Å². The fourth-order valence-corrected chi connectivity index (χ4v) is 1.63. The summed E-state index contributed by atoms with van der Waals surface area (Å²) in [6, 6.07) is 8.38. The second-order valence-electron chi connectivity index (χ2n) is 3.13. The van der Waals surface area contributed by atoms with Crippen molar-refractivity contribution >= 4 is 12.2 Å². The predicted molar refractivity (Wildman–Crippen MR) is 49.6 cm³/mol. The van der Waals surface area contributed by atoms with E-state index >= 15 is 0 Å². The zero-order valence-corrected chi connectivity index (χ0v) is 7.19. The molecule has 1 N–H and O–H groups in total. The number of hydrogen-bond donors (Lipinski definition) is 1. The lowest BCUT2D eigenvalue weighted by Gasteiger charge is -2.08. The lowest BCUT2D eigenvalue weighted by molar-refractivity contribution is -0.128. The van der Waals surface area contributed by atoms with E-state index in [1.165, 1.54) is 5.56 Å². The summed E-state index contributed by atoms with van der Waals surface area (Å²) in [6.45, 7) is 0.933. The fourth-order valence-electron chi connectivity index (χ4n) is 1.63. The van der Waals surface area contributed by atoms with E-state index in [9.17, 15) is 4.79 Å². The number of carbonyl (C=O) groups is 1. The molecule has 0 spiro atoms. The molecule has 1 atom stereocenters. The number of rotatable bonds is 3. The zero-order chi connectivity index (χ0) is 9.10. The molecule has 3 nitrogen and oxygen atoms in total. The van der Waals surface area contributed by atoms with Gasteiger partial charge in [0.15, 0.2) is 0 Å². The molecule has 3 heteroatoms. The number of ether oxygens (including phenoxy) is 1. The highest BCUT2D eigenvalue weighted by Crippen LogP contribution is 2.24. The minimum Gasteiger partial charge on any atom is -0.466 e. The summed E-state index contributed by atoms with van der Waals surface area (Å²) >= 11 is 0. The van der Waals surface area contributed by atoms with Gasteiger partial charge < -0.3 is 10.1 Å². The second kappa shape index (κ2) is 3.47. The molecule has 13 heavy (non-hydrogen) atoms. The van der Waals surface area contributed by atoms with Crippen molar-refractivity contribution in [1.82, 2.24) is 0 Å². The fraction of sp³-hybridized carbons (Fsp3) is 0.300. The molecule has 0 bridgehead atoms. The van der Waals surface area contributed by atoms with Crippen LogP contribution in [0.5, 0.6) is 0 Å². The van der Waals surface area contributed by atoms with Gasteiger partial charge in [-0.2, -0.15) is 0 Å². The topological polar surface area (TPSA) is 38.3 Å². The number of nitrogens with one attached hydrogen (secondary N) is 1. The van der Waals surface area contributed by atoms with Crippen molar-refractivity contribution in [3.05, 3.63) is 29.8 Å². The molecule has 0 radical (unpaired) electrons. The molecular weight excluding hydrogens is 166 g/mol. The Morgan fingerprint density at radius 2 is 2.38 bits per heavy atom. The smallest absolute Gasteiger partial charge is 0.293 e. The van der Waals surface area contributed by atoms with Crippen molar-refractivity contribution in [3.8, 4) is 0 Å². The first kappa shape index (κ1) is 8.10. The van der Waals surface area contributed by atoms with Gasteiger partial charge in [-0.15, -0.1) is 0 Å². The molecular formula is C10H11NO2. The van der Waals surface area contributed by atoms with Crippen LogP contribution in [0.15, 0.2) is 24.3 Å². The number of anilines is 1. The quantitative estimate of drug-likeness (QED) is 0.705. The Balaban J connectivity index is 2.01. The van der Waals surface area contributed by atoms with Crippen LogP contribution in [0.4, 0.5) is 5.69 Å². The highest BCUT2D eigenvalue weighted by atomic mass is 16.5. The Hall–Kier alpha value is -1.51. The van der Waals surface area contributed by atoms with E-state index < -0.39 is 0 Å². The van der Waals surface area contributed by atoms with E-state index in [0.29, 0.717) is 13.1 Å². The lowest BCUT2D eigenvalue weighted by Crippen LogP contribution is -2.21. The molecule has 1 aliphatic rings. The Morgan fingerprint density at radius 3 is 3.15 bits per heavy atom. The van der Waals surface area contributed by atoms with Gasteiger partial charge in [0.2, 0.25) is 0 Å². The number of fused-ring (bicyclic) bond motifs is 1. The van der Waals surface area contributed by atoms with Crippen molar-refractivity contribution in [2.45, 2.75) is 12.5 Å². The maximum Gasteiger partial charge on any atom is 0.293 e. The maximum absolute atomic E-state index is 9.98. The first-order valence-corrected chi connectivity index (χ1v) is 4.30. The van der Waals surface area contributed by atoms with Gasteiger partial charge in [-0.1, -0.05) is 18.2 Å². The van der Waals surface area contributed by atoms with Gasteiger partial charge in [-0.25, -0.2) is 0 Å². The van der Waals surface area contributed by atoms with E-state index in [1.807, 2.05) is 18.2 Å². The Labute approximate surface area is 76.7 Å². The van der Waals surface area contributed by atoms with Crippen LogP contribution in [0.25, 0.3) is 0 Å². The van der Waals surface area contributed by atoms with Gasteiger partial charge in [-0.3, -0.25) is 4.79 Å². The van der Waals surface area contributed by atoms with E-state index in [-0.39, 0.29) is 6.04 Å². The van der Waals surface area contributed by atoms with Crippen LogP contribution in [0.2, 0.25) is 0 Å². The van der Waals surface area contributed by atoms with Gasteiger partial charge in [0.25, 0.3) is 6.47 Å². The monoisotopic (exact) mass is 177 g/mol. The van der Waals surface area contributed by atoms with Crippen LogP contribution in [0, 0.1) is 0 Å². The third-order valence-electron chi connectivity index (χ3n) is 2.21. The summed E-state index contributed by atoms with van der Waals surface area (Å²) in [5.74, 6) is 0. The van der Waals surface area contributed by atoms with Crippen LogP contribution < -0.4 is 5.32 Å². The van der Waals surface area contributed by atoms with Gasteiger partial charge in [0.05, 0.1) is 6.04 Å². The Bertz CT molecular complexity index is 287. The van der Waals surface area contributed by atoms with Crippen molar-refractivity contribution in [2.24, 2.45) is 0 Å². The third kappa shape index (κ3) is 1.64. The van der Waals surface area contributed by atoms with Gasteiger partial charge in [0, 0.05) is 5.69 Å². The van der Waals surface area contributed by atoms with E-state index in [1.54, 1.807) is 0 Å². The number of carbonyl (C=O) groups excluding carboxylic acids is 1. The summed E-state index contributed by atoms with van der Waals surface area (Å²) in [7, 11) is 0. The minimum absolute atomic E-state index is 0.239. The molecule has 1 aromatic carbocycles. The van der Waals surface area contributed by atoms with E-state index in [0.717, 1.165) is 12.1 Å².